The van der Waals surface area contributed by atoms with E-state index in [1.165, 1.54) is 0 Å². The minimum Gasteiger partial charge on any atom is -0.454 e. The maximum atomic E-state index is 10.2. The summed E-state index contributed by atoms with van der Waals surface area (Å²) in [6, 6.07) is 15.8. The van der Waals surface area contributed by atoms with Gasteiger partial charge in [-0.15, -0.1) is 0 Å². The van der Waals surface area contributed by atoms with Crippen LogP contribution in [-0.2, 0) is 13.0 Å². The molecule has 0 saturated carbocycles. The van der Waals surface area contributed by atoms with E-state index in [0.29, 0.717) is 25.5 Å². The van der Waals surface area contributed by atoms with Gasteiger partial charge >= 0.3 is 0 Å². The summed E-state index contributed by atoms with van der Waals surface area (Å²) in [6.07, 6.45) is 0.127. The summed E-state index contributed by atoms with van der Waals surface area (Å²) in [7, 11) is 0. The molecule has 26 heavy (non-hydrogen) atoms. The number of rotatable bonds is 7. The summed E-state index contributed by atoms with van der Waals surface area (Å²) < 4.78 is 10.7. The molecule has 1 heterocycles. The van der Waals surface area contributed by atoms with Crippen LogP contribution in [0.2, 0.25) is 0 Å². The third-order valence-corrected chi connectivity index (χ3v) is 4.02. The van der Waals surface area contributed by atoms with E-state index in [2.05, 4.69) is 15.6 Å². The molecule has 2 aromatic carbocycles. The molecule has 0 spiro atoms. The first-order valence-electron chi connectivity index (χ1n) is 8.87. The molecule has 1 unspecified atom stereocenters. The second-order valence-corrected chi connectivity index (χ2v) is 6.11. The Morgan fingerprint density at radius 2 is 1.88 bits per heavy atom. The lowest BCUT2D eigenvalue weighted by Crippen LogP contribution is -2.41. The molecule has 138 valence electrons. The Balaban J connectivity index is 1.53. The van der Waals surface area contributed by atoms with Crippen LogP contribution in [-0.4, -0.2) is 37.1 Å². The van der Waals surface area contributed by atoms with E-state index < -0.39 is 6.10 Å². The monoisotopic (exact) mass is 355 g/mol. The highest BCUT2D eigenvalue weighted by atomic mass is 16.7. The van der Waals surface area contributed by atoms with Crippen LogP contribution >= 0.6 is 0 Å². The standard InChI is InChI=1S/C20H25N3O3/c1-2-21-20(23-13-17(24)10-15-6-4-3-5-7-15)22-12-16-8-9-18-19(11-16)26-14-25-18/h3-9,11,17,24H,2,10,12-14H2,1H3,(H2,21,22,23). The Bertz CT molecular complexity index is 734. The second kappa shape index (κ2) is 9.10. The van der Waals surface area contributed by atoms with Crippen LogP contribution in [0.15, 0.2) is 53.5 Å². The van der Waals surface area contributed by atoms with Gasteiger partial charge in [0.15, 0.2) is 17.5 Å². The molecule has 3 N–H and O–H groups in total. The van der Waals surface area contributed by atoms with Gasteiger partial charge in [-0.3, -0.25) is 0 Å². The SMILES string of the molecule is CCNC(=NCc1ccc2c(c1)OCO2)NCC(O)Cc1ccccc1. The number of aliphatic hydroxyl groups is 1. The molecule has 6 heteroatoms. The largest absolute Gasteiger partial charge is 0.454 e. The van der Waals surface area contributed by atoms with E-state index in [4.69, 9.17) is 9.47 Å². The number of hydrogen-bond acceptors (Lipinski definition) is 4. The minimum atomic E-state index is -0.480. The van der Waals surface area contributed by atoms with Crippen molar-refractivity contribution in [2.75, 3.05) is 19.9 Å². The van der Waals surface area contributed by atoms with Crippen molar-refractivity contribution in [3.05, 3.63) is 59.7 Å². The van der Waals surface area contributed by atoms with Crippen LogP contribution in [0.4, 0.5) is 0 Å². The second-order valence-electron chi connectivity index (χ2n) is 6.11. The molecular weight excluding hydrogens is 330 g/mol. The summed E-state index contributed by atoms with van der Waals surface area (Å²) in [5.74, 6) is 2.21. The maximum absolute atomic E-state index is 10.2. The Hall–Kier alpha value is -2.73. The molecule has 0 fully saturated rings. The molecule has 0 radical (unpaired) electrons. The zero-order chi connectivity index (χ0) is 18.2. The summed E-state index contributed by atoms with van der Waals surface area (Å²) in [4.78, 5) is 4.58. The Morgan fingerprint density at radius 3 is 2.69 bits per heavy atom. The van der Waals surface area contributed by atoms with Crippen LogP contribution in [0, 0.1) is 0 Å². The highest BCUT2D eigenvalue weighted by Crippen LogP contribution is 2.32. The van der Waals surface area contributed by atoms with E-state index in [1.54, 1.807) is 0 Å². The van der Waals surface area contributed by atoms with Gasteiger partial charge in [0.25, 0.3) is 0 Å². The van der Waals surface area contributed by atoms with E-state index in [-0.39, 0.29) is 6.79 Å². The molecule has 0 amide bonds. The Kier molecular flexibility index (Phi) is 6.33. The highest BCUT2D eigenvalue weighted by Gasteiger charge is 2.13. The molecule has 0 bridgehead atoms. The van der Waals surface area contributed by atoms with Gasteiger partial charge in [-0.05, 0) is 30.2 Å². The quantitative estimate of drug-likeness (QED) is 0.524. The van der Waals surface area contributed by atoms with Gasteiger partial charge in [0, 0.05) is 19.5 Å². The molecule has 2 aromatic rings. The van der Waals surface area contributed by atoms with Crippen molar-refractivity contribution in [3.8, 4) is 11.5 Å². The lowest BCUT2D eigenvalue weighted by molar-refractivity contribution is 0.174. The first-order valence-corrected chi connectivity index (χ1v) is 8.87. The first-order chi connectivity index (χ1) is 12.7. The molecule has 0 aliphatic carbocycles. The average Bonchev–Trinajstić information content (AvgIpc) is 3.12. The molecule has 1 aliphatic rings. The number of fused-ring (bicyclic) bond motifs is 1. The zero-order valence-corrected chi connectivity index (χ0v) is 14.9. The number of aliphatic hydroxyl groups excluding tert-OH is 1. The number of benzene rings is 2. The molecule has 0 aromatic heterocycles. The topological polar surface area (TPSA) is 75.1 Å². The third kappa shape index (κ3) is 5.13. The fourth-order valence-electron chi connectivity index (χ4n) is 2.72. The third-order valence-electron chi connectivity index (χ3n) is 4.02. The number of aliphatic imine (C=N–C) groups is 1. The van der Waals surface area contributed by atoms with E-state index in [1.807, 2.05) is 55.5 Å². The maximum Gasteiger partial charge on any atom is 0.231 e. The van der Waals surface area contributed by atoms with Gasteiger partial charge in [0.1, 0.15) is 0 Å². The van der Waals surface area contributed by atoms with Crippen molar-refractivity contribution >= 4 is 5.96 Å². The van der Waals surface area contributed by atoms with Gasteiger partial charge in [0.05, 0.1) is 12.6 Å². The number of nitrogens with zero attached hydrogens (tertiary/aromatic N) is 1. The number of guanidine groups is 1. The van der Waals surface area contributed by atoms with Crippen LogP contribution in [0.25, 0.3) is 0 Å². The normalized spacial score (nSPS) is 14.2. The molecular formula is C20H25N3O3. The summed E-state index contributed by atoms with van der Waals surface area (Å²) in [5, 5.41) is 16.6. The Labute approximate surface area is 153 Å². The van der Waals surface area contributed by atoms with Crippen LogP contribution in [0.1, 0.15) is 18.1 Å². The van der Waals surface area contributed by atoms with Gasteiger partial charge in [-0.25, -0.2) is 4.99 Å². The predicted molar refractivity (Wildman–Crippen MR) is 102 cm³/mol. The van der Waals surface area contributed by atoms with Crippen molar-refractivity contribution < 1.29 is 14.6 Å². The Morgan fingerprint density at radius 1 is 1.08 bits per heavy atom. The molecule has 6 nitrogen and oxygen atoms in total. The average molecular weight is 355 g/mol. The van der Waals surface area contributed by atoms with E-state index in [0.717, 1.165) is 29.2 Å². The molecule has 1 atom stereocenters. The summed E-state index contributed by atoms with van der Waals surface area (Å²) in [5.41, 5.74) is 2.15. The number of hydrogen-bond donors (Lipinski definition) is 3. The van der Waals surface area contributed by atoms with Crippen molar-refractivity contribution in [1.82, 2.24) is 10.6 Å². The summed E-state index contributed by atoms with van der Waals surface area (Å²) >= 11 is 0. The lowest BCUT2D eigenvalue weighted by atomic mass is 10.1. The number of nitrogens with one attached hydrogen (secondary N) is 2. The van der Waals surface area contributed by atoms with Gasteiger partial charge in [0.2, 0.25) is 6.79 Å². The molecule has 0 saturated heterocycles. The van der Waals surface area contributed by atoms with Crippen LogP contribution < -0.4 is 20.1 Å². The van der Waals surface area contributed by atoms with Crippen LogP contribution in [0.5, 0.6) is 11.5 Å². The fraction of sp³-hybridized carbons (Fsp3) is 0.350. The van der Waals surface area contributed by atoms with Gasteiger partial charge < -0.3 is 25.2 Å². The predicted octanol–water partition coefficient (Wildman–Crippen LogP) is 2.07. The van der Waals surface area contributed by atoms with Gasteiger partial charge in [-0.1, -0.05) is 36.4 Å². The van der Waals surface area contributed by atoms with Crippen molar-refractivity contribution in [2.24, 2.45) is 4.99 Å². The zero-order valence-electron chi connectivity index (χ0n) is 14.9. The van der Waals surface area contributed by atoms with E-state index in [9.17, 15) is 5.11 Å². The van der Waals surface area contributed by atoms with E-state index >= 15 is 0 Å². The van der Waals surface area contributed by atoms with Gasteiger partial charge in [-0.2, -0.15) is 0 Å². The highest BCUT2D eigenvalue weighted by molar-refractivity contribution is 5.79. The first kappa shape index (κ1) is 18.1. The fourth-order valence-corrected chi connectivity index (χ4v) is 2.72. The number of ether oxygens (including phenoxy) is 2. The molecule has 3 rings (SSSR count). The van der Waals surface area contributed by atoms with Crippen molar-refractivity contribution in [2.45, 2.75) is 26.0 Å². The van der Waals surface area contributed by atoms with Crippen LogP contribution in [0.3, 0.4) is 0 Å². The lowest BCUT2D eigenvalue weighted by Gasteiger charge is -2.15. The summed E-state index contributed by atoms with van der Waals surface area (Å²) in [6.45, 7) is 3.98. The minimum absolute atomic E-state index is 0.269. The van der Waals surface area contributed by atoms with Crippen molar-refractivity contribution in [1.29, 1.82) is 0 Å². The molecule has 1 aliphatic heterocycles. The smallest absolute Gasteiger partial charge is 0.231 e. The van der Waals surface area contributed by atoms with Crippen molar-refractivity contribution in [3.63, 3.8) is 0 Å².